The molecule has 57 heavy (non-hydrogen) atoms. The van der Waals surface area contributed by atoms with E-state index in [2.05, 4.69) is 192 Å². The third kappa shape index (κ3) is 6.31. The van der Waals surface area contributed by atoms with E-state index in [0.717, 1.165) is 33.9 Å². The van der Waals surface area contributed by atoms with E-state index in [-0.39, 0.29) is 17.5 Å². The van der Waals surface area contributed by atoms with Crippen molar-refractivity contribution in [1.29, 1.82) is 0 Å². The number of rotatable bonds is 5. The number of benzene rings is 5. The molecule has 4 heterocycles. The molecular formula is C51H51BN4Si. The van der Waals surface area contributed by atoms with Crippen molar-refractivity contribution < 1.29 is 0 Å². The Morgan fingerprint density at radius 2 is 0.877 bits per heavy atom. The molecule has 282 valence electrons. The zero-order chi connectivity index (χ0) is 39.9. The van der Waals surface area contributed by atoms with Crippen molar-refractivity contribution in [2.75, 3.05) is 9.80 Å². The molecule has 2 aliphatic rings. The molecule has 0 bridgehead atoms. The van der Waals surface area contributed by atoms with Gasteiger partial charge in [0.25, 0.3) is 6.71 Å². The number of pyridine rings is 2. The van der Waals surface area contributed by atoms with E-state index >= 15 is 0 Å². The van der Waals surface area contributed by atoms with Crippen LogP contribution < -0.4 is 31.4 Å². The molecule has 6 heteroatoms. The van der Waals surface area contributed by atoms with Gasteiger partial charge in [0, 0.05) is 46.3 Å². The summed E-state index contributed by atoms with van der Waals surface area (Å²) in [5.41, 5.74) is 17.9. The lowest BCUT2D eigenvalue weighted by molar-refractivity contribution is 0.590. The Balaban J connectivity index is 1.45. The Morgan fingerprint density at radius 1 is 0.456 bits per heavy atom. The maximum absolute atomic E-state index is 4.90. The Bertz CT molecular complexity index is 2480. The fraction of sp³-hybridized carbons (Fsp3) is 0.216. The van der Waals surface area contributed by atoms with E-state index in [0.29, 0.717) is 0 Å². The molecule has 0 atom stereocenters. The molecular weight excluding hydrogens is 707 g/mol. The standard InChI is InChI=1S/C51H51BN4Si/c1-50(2,3)34-24-26-45-39(30-34)52-40-31-35(51(4,5)6)25-27-46(40)56(44-23-13-11-19-38(44)42-21-15-17-29-54-42)48-33-36(57(7,8)9)32-47(49(48)52)55(45)43-22-12-10-18-37(43)41-20-14-16-28-53-41/h10-33H,1-9H3. The van der Waals surface area contributed by atoms with Crippen molar-refractivity contribution >= 4 is 70.5 Å². The first-order valence-corrected chi connectivity index (χ1v) is 23.8. The lowest BCUT2D eigenvalue weighted by Gasteiger charge is -2.46. The maximum atomic E-state index is 4.90. The lowest BCUT2D eigenvalue weighted by Crippen LogP contribution is -2.62. The Hall–Kier alpha value is -5.72. The van der Waals surface area contributed by atoms with Crippen LogP contribution in [0.5, 0.6) is 0 Å². The summed E-state index contributed by atoms with van der Waals surface area (Å²) in [4.78, 5) is 14.9. The van der Waals surface area contributed by atoms with Gasteiger partial charge in [0.2, 0.25) is 0 Å². The van der Waals surface area contributed by atoms with Crippen molar-refractivity contribution in [3.8, 4) is 22.5 Å². The summed E-state index contributed by atoms with van der Waals surface area (Å²) in [5.74, 6) is 0. The van der Waals surface area contributed by atoms with Crippen molar-refractivity contribution in [3.63, 3.8) is 0 Å². The average Bonchev–Trinajstić information content (AvgIpc) is 3.20. The number of para-hydroxylation sites is 2. The van der Waals surface area contributed by atoms with Crippen molar-refractivity contribution in [3.05, 3.63) is 157 Å². The summed E-state index contributed by atoms with van der Waals surface area (Å²) < 4.78 is 0. The number of fused-ring (bicyclic) bond motifs is 4. The number of aromatic nitrogens is 2. The second-order valence-electron chi connectivity index (χ2n) is 18.8. The zero-order valence-corrected chi connectivity index (χ0v) is 35.7. The second-order valence-corrected chi connectivity index (χ2v) is 23.9. The molecule has 0 unspecified atom stereocenters. The van der Waals surface area contributed by atoms with Crippen LogP contribution in [0, 0.1) is 0 Å². The minimum atomic E-state index is -1.88. The highest BCUT2D eigenvalue weighted by molar-refractivity contribution is 7.00. The second kappa shape index (κ2) is 13.5. The van der Waals surface area contributed by atoms with Crippen LogP contribution in [0.3, 0.4) is 0 Å². The molecule has 0 fully saturated rings. The average molecular weight is 759 g/mol. The molecule has 0 N–H and O–H groups in total. The van der Waals surface area contributed by atoms with E-state index in [9.17, 15) is 0 Å². The van der Waals surface area contributed by atoms with E-state index in [1.165, 1.54) is 55.5 Å². The van der Waals surface area contributed by atoms with Crippen LogP contribution in [0.25, 0.3) is 22.5 Å². The number of hydrogen-bond acceptors (Lipinski definition) is 4. The molecule has 0 spiro atoms. The van der Waals surface area contributed by atoms with Crippen molar-refractivity contribution in [2.24, 2.45) is 0 Å². The van der Waals surface area contributed by atoms with Gasteiger partial charge in [0.15, 0.2) is 0 Å². The van der Waals surface area contributed by atoms with E-state index in [1.807, 2.05) is 24.5 Å². The minimum Gasteiger partial charge on any atom is -0.311 e. The first kappa shape index (κ1) is 36.9. The Labute approximate surface area is 340 Å². The van der Waals surface area contributed by atoms with Crippen LogP contribution in [0.15, 0.2) is 146 Å². The molecule has 2 aliphatic heterocycles. The molecule has 0 saturated carbocycles. The molecule has 5 aromatic carbocycles. The summed E-state index contributed by atoms with van der Waals surface area (Å²) in [6, 6.07) is 49.7. The Kier molecular flexibility index (Phi) is 8.71. The maximum Gasteiger partial charge on any atom is 0.252 e. The summed E-state index contributed by atoms with van der Waals surface area (Å²) >= 11 is 0. The predicted octanol–water partition coefficient (Wildman–Crippen LogP) is 11.0. The quantitative estimate of drug-likeness (QED) is 0.164. The summed E-state index contributed by atoms with van der Waals surface area (Å²) in [6.07, 6.45) is 3.80. The van der Waals surface area contributed by atoms with Crippen LogP contribution >= 0.6 is 0 Å². The molecule has 9 rings (SSSR count). The van der Waals surface area contributed by atoms with Crippen LogP contribution in [-0.4, -0.2) is 24.8 Å². The van der Waals surface area contributed by atoms with Gasteiger partial charge >= 0.3 is 0 Å². The van der Waals surface area contributed by atoms with Gasteiger partial charge < -0.3 is 9.80 Å². The summed E-state index contributed by atoms with van der Waals surface area (Å²) in [7, 11) is -1.88. The highest BCUT2D eigenvalue weighted by atomic mass is 28.3. The monoisotopic (exact) mass is 758 g/mol. The lowest BCUT2D eigenvalue weighted by atomic mass is 9.33. The van der Waals surface area contributed by atoms with Crippen LogP contribution in [0.2, 0.25) is 19.6 Å². The van der Waals surface area contributed by atoms with Crippen LogP contribution in [0.4, 0.5) is 34.1 Å². The van der Waals surface area contributed by atoms with Crippen molar-refractivity contribution in [2.45, 2.75) is 72.0 Å². The first-order valence-electron chi connectivity index (χ1n) is 20.3. The fourth-order valence-corrected chi connectivity index (χ4v) is 9.84. The van der Waals surface area contributed by atoms with Gasteiger partial charge in [-0.25, -0.2) is 0 Å². The van der Waals surface area contributed by atoms with E-state index < -0.39 is 8.07 Å². The highest BCUT2D eigenvalue weighted by Crippen LogP contribution is 2.48. The fourth-order valence-electron chi connectivity index (χ4n) is 8.71. The molecule has 4 nitrogen and oxygen atoms in total. The molecule has 2 aromatic heterocycles. The third-order valence-corrected chi connectivity index (χ3v) is 13.9. The molecule has 0 saturated heterocycles. The normalized spacial score (nSPS) is 13.6. The number of anilines is 6. The van der Waals surface area contributed by atoms with Crippen molar-refractivity contribution in [1.82, 2.24) is 9.97 Å². The van der Waals surface area contributed by atoms with Gasteiger partial charge in [0.1, 0.15) is 0 Å². The van der Waals surface area contributed by atoms with Gasteiger partial charge in [-0.15, -0.1) is 0 Å². The van der Waals surface area contributed by atoms with Gasteiger partial charge in [-0.05, 0) is 99.0 Å². The molecule has 0 amide bonds. The molecule has 0 radical (unpaired) electrons. The number of nitrogens with zero attached hydrogens (tertiary/aromatic N) is 4. The number of hydrogen-bond donors (Lipinski definition) is 0. The summed E-state index contributed by atoms with van der Waals surface area (Å²) in [5, 5.41) is 1.42. The largest absolute Gasteiger partial charge is 0.311 e. The topological polar surface area (TPSA) is 32.3 Å². The van der Waals surface area contributed by atoms with Crippen LogP contribution in [0.1, 0.15) is 52.7 Å². The van der Waals surface area contributed by atoms with Gasteiger partial charge in [-0.1, -0.05) is 139 Å². The van der Waals surface area contributed by atoms with Gasteiger partial charge in [-0.2, -0.15) is 0 Å². The van der Waals surface area contributed by atoms with Gasteiger partial charge in [-0.3, -0.25) is 9.97 Å². The SMILES string of the molecule is CC(C)(C)c1ccc2c(c1)B1c3cc(C(C)(C)C)ccc3N(c3ccccc3-c3ccccn3)c3cc([Si](C)(C)C)cc(c31)N2c1ccccc1-c1ccccn1. The highest BCUT2D eigenvalue weighted by Gasteiger charge is 2.45. The Morgan fingerprint density at radius 3 is 1.26 bits per heavy atom. The molecule has 7 aromatic rings. The molecule has 0 aliphatic carbocycles. The van der Waals surface area contributed by atoms with E-state index in [4.69, 9.17) is 9.97 Å². The zero-order valence-electron chi connectivity index (χ0n) is 34.7. The predicted molar refractivity (Wildman–Crippen MR) is 247 cm³/mol. The minimum absolute atomic E-state index is 0.0109. The van der Waals surface area contributed by atoms with Crippen LogP contribution in [-0.2, 0) is 10.8 Å². The van der Waals surface area contributed by atoms with Gasteiger partial charge in [0.05, 0.1) is 30.8 Å². The summed E-state index contributed by atoms with van der Waals surface area (Å²) in [6.45, 7) is 21.4. The third-order valence-electron chi connectivity index (χ3n) is 11.8. The first-order chi connectivity index (χ1) is 27.2. The van der Waals surface area contributed by atoms with E-state index in [1.54, 1.807) is 0 Å². The smallest absolute Gasteiger partial charge is 0.252 e.